The zero-order valence-electron chi connectivity index (χ0n) is 13.8. The SMILES string of the molecule is C\C=C/C=C(\C=C/C)C1=CNC(c2ccc(C)cc2)=N[C@@H]1C. The summed E-state index contributed by atoms with van der Waals surface area (Å²) in [5, 5.41) is 3.34. The van der Waals surface area contributed by atoms with E-state index in [-0.39, 0.29) is 6.04 Å². The molecule has 0 fully saturated rings. The number of nitrogens with one attached hydrogen (secondary N) is 1. The Hall–Kier alpha value is -2.35. The van der Waals surface area contributed by atoms with E-state index in [1.165, 1.54) is 16.7 Å². The van der Waals surface area contributed by atoms with Gasteiger partial charge in [-0.2, -0.15) is 0 Å². The van der Waals surface area contributed by atoms with Crippen LogP contribution in [0, 0.1) is 6.92 Å². The number of amidine groups is 1. The van der Waals surface area contributed by atoms with Gasteiger partial charge in [-0.3, -0.25) is 4.99 Å². The van der Waals surface area contributed by atoms with Crippen molar-refractivity contribution in [1.82, 2.24) is 5.32 Å². The highest BCUT2D eigenvalue weighted by Crippen LogP contribution is 2.21. The van der Waals surface area contributed by atoms with Crippen LogP contribution < -0.4 is 5.32 Å². The molecule has 1 aliphatic heterocycles. The zero-order chi connectivity index (χ0) is 15.9. The average Bonchev–Trinajstić information content (AvgIpc) is 2.52. The molecule has 1 heterocycles. The van der Waals surface area contributed by atoms with Gasteiger partial charge in [0.25, 0.3) is 0 Å². The van der Waals surface area contributed by atoms with Crippen molar-refractivity contribution in [2.75, 3.05) is 0 Å². The summed E-state index contributed by atoms with van der Waals surface area (Å²) < 4.78 is 0. The first-order chi connectivity index (χ1) is 10.7. The van der Waals surface area contributed by atoms with Gasteiger partial charge in [0.1, 0.15) is 5.84 Å². The van der Waals surface area contributed by atoms with E-state index in [1.54, 1.807) is 0 Å². The topological polar surface area (TPSA) is 24.4 Å². The maximum absolute atomic E-state index is 4.81. The van der Waals surface area contributed by atoms with Gasteiger partial charge >= 0.3 is 0 Å². The number of rotatable bonds is 4. The van der Waals surface area contributed by atoms with E-state index in [9.17, 15) is 0 Å². The minimum atomic E-state index is 0.130. The molecule has 22 heavy (non-hydrogen) atoms. The standard InChI is InChI=1S/C20H24N2/c1-5-7-9-17(8-6-2)19-14-21-20(22-16(19)4)18-12-10-15(3)11-13-18/h5-14,16H,1-4H3,(H,21,22)/b7-5-,8-6-,17-9+/t16-/m1/s1. The van der Waals surface area contributed by atoms with E-state index in [1.807, 2.05) is 19.9 Å². The summed E-state index contributed by atoms with van der Waals surface area (Å²) in [4.78, 5) is 4.81. The van der Waals surface area contributed by atoms with Gasteiger partial charge in [0, 0.05) is 11.8 Å². The molecule has 1 aromatic carbocycles. The van der Waals surface area contributed by atoms with Crippen molar-refractivity contribution in [1.29, 1.82) is 0 Å². The third kappa shape index (κ3) is 3.85. The fourth-order valence-electron chi connectivity index (χ4n) is 2.39. The summed E-state index contributed by atoms with van der Waals surface area (Å²) >= 11 is 0. The summed E-state index contributed by atoms with van der Waals surface area (Å²) in [7, 11) is 0. The Bertz CT molecular complexity index is 655. The third-order valence-electron chi connectivity index (χ3n) is 3.61. The molecule has 2 nitrogen and oxygen atoms in total. The second-order valence-corrected chi connectivity index (χ2v) is 5.41. The first-order valence-corrected chi connectivity index (χ1v) is 7.73. The first kappa shape index (κ1) is 16.0. The molecule has 0 aromatic heterocycles. The summed E-state index contributed by atoms with van der Waals surface area (Å²) in [6.45, 7) is 8.28. The van der Waals surface area contributed by atoms with E-state index in [0.29, 0.717) is 0 Å². The molecule has 1 aliphatic rings. The van der Waals surface area contributed by atoms with Crippen molar-refractivity contribution >= 4 is 5.84 Å². The summed E-state index contributed by atoms with van der Waals surface area (Å²) in [6.07, 6.45) is 12.5. The molecule has 0 unspecified atom stereocenters. The number of allylic oxidation sites excluding steroid dienone is 5. The highest BCUT2D eigenvalue weighted by Gasteiger charge is 2.17. The molecule has 1 atom stereocenters. The van der Waals surface area contributed by atoms with E-state index in [0.717, 1.165) is 11.4 Å². The smallest absolute Gasteiger partial charge is 0.132 e. The summed E-state index contributed by atoms with van der Waals surface area (Å²) in [6, 6.07) is 8.57. The lowest BCUT2D eigenvalue weighted by Gasteiger charge is -2.21. The summed E-state index contributed by atoms with van der Waals surface area (Å²) in [5.74, 6) is 0.933. The van der Waals surface area contributed by atoms with Gasteiger partial charge in [-0.1, -0.05) is 60.2 Å². The monoisotopic (exact) mass is 292 g/mol. The van der Waals surface area contributed by atoms with Crippen LogP contribution in [0.1, 0.15) is 31.9 Å². The minimum Gasteiger partial charge on any atom is -0.346 e. The Morgan fingerprint density at radius 3 is 2.45 bits per heavy atom. The van der Waals surface area contributed by atoms with Crippen LogP contribution in [0.15, 0.2) is 77.0 Å². The van der Waals surface area contributed by atoms with Gasteiger partial charge in [-0.15, -0.1) is 0 Å². The maximum Gasteiger partial charge on any atom is 0.132 e. The first-order valence-electron chi connectivity index (χ1n) is 7.73. The van der Waals surface area contributed by atoms with E-state index < -0.39 is 0 Å². The highest BCUT2D eigenvalue weighted by atomic mass is 15.0. The molecule has 2 rings (SSSR count). The lowest BCUT2D eigenvalue weighted by Crippen LogP contribution is -2.28. The Morgan fingerprint density at radius 2 is 1.86 bits per heavy atom. The molecule has 0 spiro atoms. The Morgan fingerprint density at radius 1 is 1.14 bits per heavy atom. The van der Waals surface area contributed by atoms with E-state index in [4.69, 9.17) is 4.99 Å². The molecule has 2 heteroatoms. The Balaban J connectivity index is 2.25. The molecule has 0 aliphatic carbocycles. The molecule has 0 radical (unpaired) electrons. The van der Waals surface area contributed by atoms with Gasteiger partial charge < -0.3 is 5.32 Å². The molecule has 1 aromatic rings. The third-order valence-corrected chi connectivity index (χ3v) is 3.61. The van der Waals surface area contributed by atoms with Gasteiger partial charge in [0.05, 0.1) is 6.04 Å². The molecule has 0 saturated heterocycles. The number of hydrogen-bond acceptors (Lipinski definition) is 2. The average molecular weight is 292 g/mol. The van der Waals surface area contributed by atoms with Crippen LogP contribution >= 0.6 is 0 Å². The van der Waals surface area contributed by atoms with Crippen molar-refractivity contribution in [3.8, 4) is 0 Å². The highest BCUT2D eigenvalue weighted by molar-refractivity contribution is 6.00. The van der Waals surface area contributed by atoms with Crippen LogP contribution in [0.4, 0.5) is 0 Å². The van der Waals surface area contributed by atoms with Gasteiger partial charge in [-0.25, -0.2) is 0 Å². The van der Waals surface area contributed by atoms with Gasteiger partial charge in [0.15, 0.2) is 0 Å². The fourth-order valence-corrected chi connectivity index (χ4v) is 2.39. The van der Waals surface area contributed by atoms with Crippen molar-refractivity contribution in [2.45, 2.75) is 33.7 Å². The van der Waals surface area contributed by atoms with Crippen LogP contribution in [0.25, 0.3) is 0 Å². The van der Waals surface area contributed by atoms with Gasteiger partial charge in [-0.05, 0) is 38.8 Å². The molecular formula is C20H24N2. The predicted molar refractivity (Wildman–Crippen MR) is 96.1 cm³/mol. The van der Waals surface area contributed by atoms with Crippen LogP contribution in [0.2, 0.25) is 0 Å². The van der Waals surface area contributed by atoms with E-state index in [2.05, 4.69) is 73.9 Å². The van der Waals surface area contributed by atoms with Crippen LogP contribution in [-0.4, -0.2) is 11.9 Å². The zero-order valence-corrected chi connectivity index (χ0v) is 13.8. The predicted octanol–water partition coefficient (Wildman–Crippen LogP) is 4.70. The number of aliphatic imine (C=N–C) groups is 1. The second-order valence-electron chi connectivity index (χ2n) is 5.41. The maximum atomic E-state index is 4.81. The second kappa shape index (κ2) is 7.60. The minimum absolute atomic E-state index is 0.130. The molecule has 0 saturated carbocycles. The van der Waals surface area contributed by atoms with Crippen molar-refractivity contribution in [3.63, 3.8) is 0 Å². The molecule has 114 valence electrons. The van der Waals surface area contributed by atoms with Gasteiger partial charge in [0.2, 0.25) is 0 Å². The lowest BCUT2D eigenvalue weighted by molar-refractivity contribution is 0.837. The number of hydrogen-bond donors (Lipinski definition) is 1. The molecule has 1 N–H and O–H groups in total. The summed E-state index contributed by atoms with van der Waals surface area (Å²) in [5.41, 5.74) is 4.77. The normalized spacial score (nSPS) is 19.3. The number of nitrogens with zero attached hydrogens (tertiary/aromatic N) is 1. The van der Waals surface area contributed by atoms with Crippen LogP contribution in [0.5, 0.6) is 0 Å². The molecular weight excluding hydrogens is 268 g/mol. The van der Waals surface area contributed by atoms with Crippen LogP contribution in [0.3, 0.4) is 0 Å². The molecule has 0 bridgehead atoms. The quantitative estimate of drug-likeness (QED) is 0.799. The van der Waals surface area contributed by atoms with Crippen molar-refractivity contribution in [2.24, 2.45) is 4.99 Å². The van der Waals surface area contributed by atoms with Crippen molar-refractivity contribution in [3.05, 3.63) is 83.1 Å². The van der Waals surface area contributed by atoms with Crippen molar-refractivity contribution < 1.29 is 0 Å². The molecule has 0 amide bonds. The number of aryl methyl sites for hydroxylation is 1. The fraction of sp³-hybridized carbons (Fsp3) is 0.250. The largest absolute Gasteiger partial charge is 0.346 e. The Labute approximate surface area is 133 Å². The van der Waals surface area contributed by atoms with Crippen LogP contribution in [-0.2, 0) is 0 Å². The lowest BCUT2D eigenvalue weighted by atomic mass is 9.98. The Kier molecular flexibility index (Phi) is 5.54. The van der Waals surface area contributed by atoms with E-state index >= 15 is 0 Å². The number of benzene rings is 1.